The van der Waals surface area contributed by atoms with E-state index in [4.69, 9.17) is 14.2 Å². The molecule has 0 heterocycles. The monoisotopic (exact) mass is 463 g/mol. The normalized spacial score (nSPS) is 12.8. The average Bonchev–Trinajstić information content (AvgIpc) is 2.81. The summed E-state index contributed by atoms with van der Waals surface area (Å²) in [6, 6.07) is 8.31. The molecular weight excluding hydrogens is 426 g/mol. The number of hydrogen-bond acceptors (Lipinski definition) is 7. The van der Waals surface area contributed by atoms with Crippen LogP contribution in [0.5, 0.6) is 0 Å². The minimum absolute atomic E-state index is 0.00499. The fourth-order valence-electron chi connectivity index (χ4n) is 2.89. The summed E-state index contributed by atoms with van der Waals surface area (Å²) in [4.78, 5) is 49.7. The summed E-state index contributed by atoms with van der Waals surface area (Å²) in [5.74, 6) is -2.57. The third kappa shape index (κ3) is 11.7. The minimum atomic E-state index is -0.941. The molecule has 1 aromatic rings. The van der Waals surface area contributed by atoms with Crippen LogP contribution in [0, 0.1) is 11.8 Å². The number of carbonyl (C=O) groups excluding carboxylic acids is 4. The Morgan fingerprint density at radius 2 is 1.64 bits per heavy atom. The van der Waals surface area contributed by atoms with Gasteiger partial charge in [-0.2, -0.15) is 0 Å². The molecule has 1 amide bonds. The predicted octanol–water partition coefficient (Wildman–Crippen LogP) is 2.87. The summed E-state index contributed by atoms with van der Waals surface area (Å²) >= 11 is 0. The summed E-state index contributed by atoms with van der Waals surface area (Å²) in [6.45, 7) is 6.79. The highest BCUT2D eigenvalue weighted by Gasteiger charge is 2.28. The third-order valence-electron chi connectivity index (χ3n) is 5.35. The number of nitrogens with one attached hydrogen (secondary N) is 1. The zero-order valence-electron chi connectivity index (χ0n) is 20.1. The Balaban J connectivity index is 2.63. The van der Waals surface area contributed by atoms with Crippen molar-refractivity contribution in [2.45, 2.75) is 59.1 Å². The number of carbonyl (C=O) groups is 4. The Morgan fingerprint density at radius 1 is 0.939 bits per heavy atom. The first-order valence-electron chi connectivity index (χ1n) is 11.4. The summed E-state index contributed by atoms with van der Waals surface area (Å²) in [6.07, 6.45) is 0.627. The van der Waals surface area contributed by atoms with Gasteiger partial charge in [-0.25, -0.2) is 0 Å². The molecule has 0 saturated heterocycles. The Morgan fingerprint density at radius 3 is 2.27 bits per heavy atom. The fourth-order valence-corrected chi connectivity index (χ4v) is 2.89. The van der Waals surface area contributed by atoms with Gasteiger partial charge in [-0.15, -0.1) is 0 Å². The van der Waals surface area contributed by atoms with Crippen molar-refractivity contribution in [3.63, 3.8) is 0 Å². The maximum Gasteiger partial charge on any atom is 0.306 e. The van der Waals surface area contributed by atoms with E-state index in [1.54, 1.807) is 14.0 Å². The standard InChI is InChI=1S/C25H37NO7/c1-18(2)19(3)24(29)25(30)26-21(22(27)11-8-14-32-16-15-31-4)12-13-23(28)33-17-20-9-6-5-7-10-20/h5-7,9-10,18-19,21H,8,11-17H2,1-4H3,(H,26,30)/t19-,21?/m0/s1. The van der Waals surface area contributed by atoms with E-state index in [0.29, 0.717) is 26.2 Å². The van der Waals surface area contributed by atoms with E-state index in [-0.39, 0.29) is 37.6 Å². The molecule has 1 aromatic carbocycles. The number of Topliss-reactive ketones (excluding diaryl/α,β-unsaturated/α-hetero) is 2. The summed E-state index contributed by atoms with van der Waals surface area (Å²) in [5.41, 5.74) is 0.855. The molecule has 0 saturated carbocycles. The number of esters is 1. The highest BCUT2D eigenvalue weighted by Crippen LogP contribution is 2.12. The van der Waals surface area contributed by atoms with Crippen molar-refractivity contribution in [3.05, 3.63) is 35.9 Å². The molecule has 1 rings (SSSR count). The van der Waals surface area contributed by atoms with E-state index in [2.05, 4.69) is 5.32 Å². The maximum absolute atomic E-state index is 12.7. The fraction of sp³-hybridized carbons (Fsp3) is 0.600. The lowest BCUT2D eigenvalue weighted by Crippen LogP contribution is -2.46. The molecule has 0 aliphatic carbocycles. The van der Waals surface area contributed by atoms with Crippen molar-refractivity contribution in [2.24, 2.45) is 11.8 Å². The van der Waals surface area contributed by atoms with Crippen molar-refractivity contribution in [2.75, 3.05) is 26.9 Å². The molecule has 1 unspecified atom stereocenters. The summed E-state index contributed by atoms with van der Waals surface area (Å²) in [5, 5.41) is 2.54. The number of methoxy groups -OCH3 is 1. The minimum Gasteiger partial charge on any atom is -0.461 e. The Labute approximate surface area is 196 Å². The highest BCUT2D eigenvalue weighted by molar-refractivity contribution is 6.37. The number of benzene rings is 1. The van der Waals surface area contributed by atoms with Gasteiger partial charge in [0.15, 0.2) is 5.78 Å². The van der Waals surface area contributed by atoms with E-state index in [1.165, 1.54) is 0 Å². The quantitative estimate of drug-likeness (QED) is 0.215. The van der Waals surface area contributed by atoms with Crippen LogP contribution in [0.15, 0.2) is 30.3 Å². The molecule has 0 spiro atoms. The van der Waals surface area contributed by atoms with Gasteiger partial charge in [0, 0.05) is 32.5 Å². The second kappa shape index (κ2) is 16.1. The lowest BCUT2D eigenvalue weighted by Gasteiger charge is -2.19. The molecule has 0 aliphatic heterocycles. The van der Waals surface area contributed by atoms with Gasteiger partial charge in [-0.1, -0.05) is 51.1 Å². The van der Waals surface area contributed by atoms with Crippen molar-refractivity contribution in [1.82, 2.24) is 5.32 Å². The number of amides is 1. The van der Waals surface area contributed by atoms with Crippen LogP contribution >= 0.6 is 0 Å². The highest BCUT2D eigenvalue weighted by atomic mass is 16.5. The van der Waals surface area contributed by atoms with E-state index in [9.17, 15) is 19.2 Å². The second-order valence-electron chi connectivity index (χ2n) is 8.28. The molecule has 0 fully saturated rings. The molecule has 0 aliphatic rings. The van der Waals surface area contributed by atoms with Crippen LogP contribution in [0.2, 0.25) is 0 Å². The van der Waals surface area contributed by atoms with Crippen LogP contribution in [-0.4, -0.2) is 56.4 Å². The Bertz CT molecular complexity index is 748. The van der Waals surface area contributed by atoms with Gasteiger partial charge in [-0.3, -0.25) is 19.2 Å². The summed E-state index contributed by atoms with van der Waals surface area (Å²) in [7, 11) is 1.58. The topological polar surface area (TPSA) is 108 Å². The molecular formula is C25H37NO7. The molecule has 1 N–H and O–H groups in total. The molecule has 184 valence electrons. The number of rotatable bonds is 17. The van der Waals surface area contributed by atoms with Gasteiger partial charge >= 0.3 is 5.97 Å². The lowest BCUT2D eigenvalue weighted by atomic mass is 9.92. The Kier molecular flexibility index (Phi) is 13.9. The smallest absolute Gasteiger partial charge is 0.306 e. The first-order valence-corrected chi connectivity index (χ1v) is 11.4. The first-order chi connectivity index (χ1) is 15.8. The molecule has 0 bridgehead atoms. The molecule has 0 aromatic heterocycles. The van der Waals surface area contributed by atoms with Crippen LogP contribution in [0.4, 0.5) is 0 Å². The number of ether oxygens (including phenoxy) is 3. The van der Waals surface area contributed by atoms with Crippen LogP contribution in [0.1, 0.15) is 52.0 Å². The number of ketones is 2. The first kappa shape index (κ1) is 28.5. The van der Waals surface area contributed by atoms with Crippen LogP contribution in [0.3, 0.4) is 0 Å². The van der Waals surface area contributed by atoms with Gasteiger partial charge in [0.2, 0.25) is 5.78 Å². The van der Waals surface area contributed by atoms with E-state index in [0.717, 1.165) is 5.56 Å². The van der Waals surface area contributed by atoms with Gasteiger partial charge in [-0.05, 0) is 24.3 Å². The van der Waals surface area contributed by atoms with Gasteiger partial charge in [0.05, 0.1) is 19.3 Å². The molecule has 33 heavy (non-hydrogen) atoms. The van der Waals surface area contributed by atoms with Crippen LogP contribution < -0.4 is 5.32 Å². The molecule has 8 heteroatoms. The van der Waals surface area contributed by atoms with Crippen molar-refractivity contribution >= 4 is 23.4 Å². The maximum atomic E-state index is 12.7. The zero-order chi connectivity index (χ0) is 24.6. The molecule has 2 atom stereocenters. The zero-order valence-corrected chi connectivity index (χ0v) is 20.1. The molecule has 0 radical (unpaired) electrons. The van der Waals surface area contributed by atoms with Crippen molar-refractivity contribution < 1.29 is 33.4 Å². The lowest BCUT2D eigenvalue weighted by molar-refractivity contribution is -0.145. The van der Waals surface area contributed by atoms with Crippen LogP contribution in [0.25, 0.3) is 0 Å². The predicted molar refractivity (Wildman–Crippen MR) is 123 cm³/mol. The Hall–Kier alpha value is -2.58. The van der Waals surface area contributed by atoms with Crippen LogP contribution in [-0.2, 0) is 40.0 Å². The van der Waals surface area contributed by atoms with Gasteiger partial charge in [0.1, 0.15) is 6.61 Å². The third-order valence-corrected chi connectivity index (χ3v) is 5.35. The second-order valence-corrected chi connectivity index (χ2v) is 8.28. The molecule has 8 nitrogen and oxygen atoms in total. The van der Waals surface area contributed by atoms with E-state index < -0.39 is 29.6 Å². The van der Waals surface area contributed by atoms with Gasteiger partial charge in [0.25, 0.3) is 5.91 Å². The average molecular weight is 464 g/mol. The van der Waals surface area contributed by atoms with E-state index in [1.807, 2.05) is 44.2 Å². The van der Waals surface area contributed by atoms with Gasteiger partial charge < -0.3 is 19.5 Å². The van der Waals surface area contributed by atoms with Crippen molar-refractivity contribution in [3.8, 4) is 0 Å². The summed E-state index contributed by atoms with van der Waals surface area (Å²) < 4.78 is 15.5. The van der Waals surface area contributed by atoms with Crippen molar-refractivity contribution in [1.29, 1.82) is 0 Å². The SMILES string of the molecule is COCCOCCCC(=O)C(CCC(=O)OCc1ccccc1)NC(=O)C(=O)[C@@H](C)C(C)C. The largest absolute Gasteiger partial charge is 0.461 e. The number of hydrogen-bond donors (Lipinski definition) is 1. The van der Waals surface area contributed by atoms with E-state index >= 15 is 0 Å².